The van der Waals surface area contributed by atoms with Crippen LogP contribution in [-0.2, 0) is 11.2 Å². The number of nitrogens with two attached hydrogens (primary N) is 1. The monoisotopic (exact) mass is 318 g/mol. The third-order valence-electron chi connectivity index (χ3n) is 4.70. The minimum absolute atomic E-state index is 0.147. The molecule has 0 atom stereocenters. The number of likely N-dealkylation sites (tertiary alicyclic amines) is 1. The van der Waals surface area contributed by atoms with Crippen LogP contribution in [0.15, 0.2) is 30.3 Å². The Morgan fingerprint density at radius 1 is 1.22 bits per heavy atom. The quantitative estimate of drug-likeness (QED) is 0.923. The second-order valence-corrected chi connectivity index (χ2v) is 7.66. The van der Waals surface area contributed by atoms with Gasteiger partial charge in [-0.1, -0.05) is 30.3 Å². The molecule has 2 N–H and O–H groups in total. The Morgan fingerprint density at radius 2 is 1.83 bits per heavy atom. The fraction of sp³-hybridized carbons (Fsp3) is 0.632. The molecule has 1 aliphatic rings. The van der Waals surface area contributed by atoms with E-state index in [2.05, 4.69) is 24.3 Å². The Hall–Kier alpha value is -1.55. The fourth-order valence-electron chi connectivity index (χ4n) is 3.10. The molecular formula is C19H30N2O2. The lowest BCUT2D eigenvalue weighted by Crippen LogP contribution is -2.47. The molecule has 0 spiro atoms. The van der Waals surface area contributed by atoms with E-state index >= 15 is 0 Å². The van der Waals surface area contributed by atoms with Crippen molar-refractivity contribution in [1.82, 2.24) is 4.90 Å². The topological polar surface area (TPSA) is 55.6 Å². The molecule has 128 valence electrons. The summed E-state index contributed by atoms with van der Waals surface area (Å²) in [4.78, 5) is 14.0. The second-order valence-electron chi connectivity index (χ2n) is 7.66. The van der Waals surface area contributed by atoms with Crippen LogP contribution in [0, 0.1) is 5.41 Å². The van der Waals surface area contributed by atoms with Gasteiger partial charge in [-0.2, -0.15) is 0 Å². The first-order valence-electron chi connectivity index (χ1n) is 8.56. The van der Waals surface area contributed by atoms with E-state index in [0.717, 1.165) is 38.8 Å². The van der Waals surface area contributed by atoms with E-state index in [-0.39, 0.29) is 11.5 Å². The number of benzene rings is 1. The van der Waals surface area contributed by atoms with Gasteiger partial charge in [-0.15, -0.1) is 0 Å². The van der Waals surface area contributed by atoms with Crippen molar-refractivity contribution in [2.75, 3.05) is 19.6 Å². The second kappa shape index (κ2) is 7.35. The van der Waals surface area contributed by atoms with Crippen LogP contribution >= 0.6 is 0 Å². The van der Waals surface area contributed by atoms with E-state index in [1.54, 1.807) is 0 Å². The van der Waals surface area contributed by atoms with Crippen molar-refractivity contribution >= 4 is 6.09 Å². The van der Waals surface area contributed by atoms with Crippen LogP contribution in [-0.4, -0.2) is 36.2 Å². The van der Waals surface area contributed by atoms with Gasteiger partial charge in [-0.25, -0.2) is 4.79 Å². The van der Waals surface area contributed by atoms with Gasteiger partial charge in [0.1, 0.15) is 5.60 Å². The smallest absolute Gasteiger partial charge is 0.410 e. The van der Waals surface area contributed by atoms with Gasteiger partial charge in [0.15, 0.2) is 0 Å². The van der Waals surface area contributed by atoms with Crippen molar-refractivity contribution in [3.05, 3.63) is 35.9 Å². The van der Waals surface area contributed by atoms with Gasteiger partial charge in [-0.05, 0) is 64.0 Å². The van der Waals surface area contributed by atoms with Gasteiger partial charge in [0, 0.05) is 13.1 Å². The van der Waals surface area contributed by atoms with E-state index in [0.29, 0.717) is 6.54 Å². The highest BCUT2D eigenvalue weighted by Crippen LogP contribution is 2.35. The summed E-state index contributed by atoms with van der Waals surface area (Å²) in [6, 6.07) is 10.5. The number of carbonyl (C=O) groups excluding carboxylic acids is 1. The lowest BCUT2D eigenvalue weighted by atomic mass is 9.74. The van der Waals surface area contributed by atoms with Crippen molar-refractivity contribution in [3.63, 3.8) is 0 Å². The Bertz CT molecular complexity index is 500. The summed E-state index contributed by atoms with van der Waals surface area (Å²) in [5.74, 6) is 0. The highest BCUT2D eigenvalue weighted by atomic mass is 16.6. The lowest BCUT2D eigenvalue weighted by Gasteiger charge is -2.41. The number of hydrogen-bond donors (Lipinski definition) is 1. The molecule has 1 heterocycles. The van der Waals surface area contributed by atoms with Gasteiger partial charge in [0.05, 0.1) is 0 Å². The molecule has 1 aromatic carbocycles. The molecule has 0 aliphatic carbocycles. The maximum atomic E-state index is 12.2. The van der Waals surface area contributed by atoms with E-state index in [1.165, 1.54) is 5.56 Å². The van der Waals surface area contributed by atoms with E-state index in [4.69, 9.17) is 10.5 Å². The molecule has 2 rings (SSSR count). The number of nitrogens with zero attached hydrogens (tertiary/aromatic N) is 1. The van der Waals surface area contributed by atoms with Crippen LogP contribution < -0.4 is 5.73 Å². The Kier molecular flexibility index (Phi) is 5.69. The largest absolute Gasteiger partial charge is 0.444 e. The lowest BCUT2D eigenvalue weighted by molar-refractivity contribution is 0.00992. The molecule has 0 unspecified atom stereocenters. The fourth-order valence-corrected chi connectivity index (χ4v) is 3.10. The Balaban J connectivity index is 1.88. The first kappa shape index (κ1) is 17.8. The van der Waals surface area contributed by atoms with Gasteiger partial charge in [0.25, 0.3) is 0 Å². The van der Waals surface area contributed by atoms with Crippen molar-refractivity contribution in [3.8, 4) is 0 Å². The number of amides is 1. The zero-order valence-corrected chi connectivity index (χ0v) is 14.7. The number of rotatable bonds is 4. The summed E-state index contributed by atoms with van der Waals surface area (Å²) in [7, 11) is 0. The van der Waals surface area contributed by atoms with Gasteiger partial charge in [-0.3, -0.25) is 0 Å². The number of aryl methyl sites for hydroxylation is 1. The molecule has 1 fully saturated rings. The summed E-state index contributed by atoms with van der Waals surface area (Å²) in [6.07, 6.45) is 3.83. The molecular weight excluding hydrogens is 288 g/mol. The van der Waals surface area contributed by atoms with Crippen molar-refractivity contribution < 1.29 is 9.53 Å². The summed E-state index contributed by atoms with van der Waals surface area (Å²) >= 11 is 0. The minimum Gasteiger partial charge on any atom is -0.444 e. The molecule has 0 radical (unpaired) electrons. The summed E-state index contributed by atoms with van der Waals surface area (Å²) in [5, 5.41) is 0. The van der Waals surface area contributed by atoms with Crippen molar-refractivity contribution in [2.24, 2.45) is 11.1 Å². The zero-order valence-electron chi connectivity index (χ0n) is 14.7. The van der Waals surface area contributed by atoms with Gasteiger partial charge in [0.2, 0.25) is 0 Å². The third-order valence-corrected chi connectivity index (χ3v) is 4.70. The van der Waals surface area contributed by atoms with Crippen molar-refractivity contribution in [2.45, 2.75) is 52.1 Å². The first-order valence-corrected chi connectivity index (χ1v) is 8.56. The average Bonchev–Trinajstić information content (AvgIpc) is 2.53. The standard InChI is InChI=1S/C19H30N2O2/c1-18(2,3)23-17(22)21-13-11-19(15-20,12-14-21)10-9-16-7-5-4-6-8-16/h4-8H,9-15,20H2,1-3H3. The maximum absolute atomic E-state index is 12.2. The third kappa shape index (κ3) is 5.24. The molecule has 1 saturated heterocycles. The molecule has 1 amide bonds. The molecule has 4 nitrogen and oxygen atoms in total. The number of piperidine rings is 1. The molecule has 1 aliphatic heterocycles. The van der Waals surface area contributed by atoms with Crippen LogP contribution in [0.3, 0.4) is 0 Å². The SMILES string of the molecule is CC(C)(C)OC(=O)N1CCC(CN)(CCc2ccccc2)CC1. The molecule has 23 heavy (non-hydrogen) atoms. The minimum atomic E-state index is -0.438. The molecule has 0 saturated carbocycles. The van der Waals surface area contributed by atoms with Crippen LogP contribution in [0.4, 0.5) is 4.79 Å². The van der Waals surface area contributed by atoms with Gasteiger partial charge < -0.3 is 15.4 Å². The normalized spacial score (nSPS) is 17.8. The Labute approximate surface area is 140 Å². The first-order chi connectivity index (χ1) is 10.8. The highest BCUT2D eigenvalue weighted by Gasteiger charge is 2.35. The summed E-state index contributed by atoms with van der Waals surface area (Å²) in [5.41, 5.74) is 7.16. The summed E-state index contributed by atoms with van der Waals surface area (Å²) < 4.78 is 5.46. The van der Waals surface area contributed by atoms with Crippen molar-refractivity contribution in [1.29, 1.82) is 0 Å². The van der Waals surface area contributed by atoms with E-state index in [9.17, 15) is 4.79 Å². The predicted molar refractivity (Wildman–Crippen MR) is 93.3 cm³/mol. The van der Waals surface area contributed by atoms with E-state index in [1.807, 2.05) is 31.7 Å². The van der Waals surface area contributed by atoms with Crippen LogP contribution in [0.2, 0.25) is 0 Å². The Morgan fingerprint density at radius 3 is 2.35 bits per heavy atom. The highest BCUT2D eigenvalue weighted by molar-refractivity contribution is 5.68. The molecule has 0 bridgehead atoms. The predicted octanol–water partition coefficient (Wildman–Crippen LogP) is 3.60. The molecule has 1 aromatic rings. The molecule has 0 aromatic heterocycles. The van der Waals surface area contributed by atoms with Crippen LogP contribution in [0.25, 0.3) is 0 Å². The number of carbonyl (C=O) groups is 1. The van der Waals surface area contributed by atoms with Gasteiger partial charge >= 0.3 is 6.09 Å². The van der Waals surface area contributed by atoms with E-state index < -0.39 is 5.60 Å². The molecule has 4 heteroatoms. The number of ether oxygens (including phenoxy) is 1. The number of hydrogen-bond acceptors (Lipinski definition) is 3. The average molecular weight is 318 g/mol. The van der Waals surface area contributed by atoms with Crippen LogP contribution in [0.1, 0.15) is 45.6 Å². The zero-order chi connectivity index (χ0) is 16.9. The van der Waals surface area contributed by atoms with Crippen LogP contribution in [0.5, 0.6) is 0 Å². The maximum Gasteiger partial charge on any atom is 0.410 e. The summed E-state index contributed by atoms with van der Waals surface area (Å²) in [6.45, 7) is 7.86.